The summed E-state index contributed by atoms with van der Waals surface area (Å²) >= 11 is 0. The van der Waals surface area contributed by atoms with Crippen LogP contribution in [0.2, 0.25) is 0 Å². The molecule has 0 spiro atoms. The smallest absolute Gasteiger partial charge is 0.296 e. The van der Waals surface area contributed by atoms with Gasteiger partial charge in [-0.15, -0.1) is 35.8 Å². The van der Waals surface area contributed by atoms with E-state index in [1.807, 2.05) is 0 Å². The van der Waals surface area contributed by atoms with Crippen LogP contribution in [0.25, 0.3) is 70.6 Å². The SMILES string of the molecule is O=S(=O)(O)c1cc(S(=O)(=O)O)c2cc(N=Nc3ccc(N=Nc4ccc(N=Nc5c(S(=O)(=O)O)cc6cc(-n7nc8ccc9c(S(=O)(=O)O)cc(S(=O)(=O)O)cc9c8n7)ccc6c5O)c5ccccc45)c4ccc(S(=O)(=O)O)cc34)ccc2c1. The van der Waals surface area contributed by atoms with Crippen LogP contribution < -0.4 is 0 Å². The Bertz CT molecular complexity index is 5590. The first-order valence-corrected chi connectivity index (χ1v) is 31.9. The van der Waals surface area contributed by atoms with Gasteiger partial charge in [-0.05, 0) is 114 Å². The number of fused-ring (bicyclic) bond motifs is 7. The molecule has 0 amide bonds. The summed E-state index contributed by atoms with van der Waals surface area (Å²) in [6.07, 6.45) is 0. The number of aromatic hydroxyl groups is 1. The molecule has 0 saturated heterocycles. The number of phenols is 1. The molecule has 0 aliphatic carbocycles. The molecule has 0 radical (unpaired) electrons. The van der Waals surface area contributed by atoms with Gasteiger partial charge in [0.25, 0.3) is 60.7 Å². The highest BCUT2D eigenvalue weighted by Gasteiger charge is 2.26. The maximum atomic E-state index is 12.9. The van der Waals surface area contributed by atoms with E-state index in [0.717, 1.165) is 41.2 Å². The molecular formula is C50H31N9O19S6. The van der Waals surface area contributed by atoms with Crippen molar-refractivity contribution in [3.05, 3.63) is 146 Å². The highest BCUT2D eigenvalue weighted by molar-refractivity contribution is 7.87. The zero-order valence-corrected chi connectivity index (χ0v) is 46.3. The number of benzene rings is 10. The Hall–Kier alpha value is -9.04. The number of azo groups is 3. The molecule has 0 aliphatic heterocycles. The van der Waals surface area contributed by atoms with E-state index in [-0.39, 0.29) is 88.2 Å². The molecule has 84 heavy (non-hydrogen) atoms. The minimum absolute atomic E-state index is 0.000687. The van der Waals surface area contributed by atoms with Crippen LogP contribution in [0.15, 0.2) is 206 Å². The second-order valence-electron chi connectivity index (χ2n) is 18.2. The Kier molecular flexibility index (Phi) is 13.6. The van der Waals surface area contributed by atoms with Gasteiger partial charge in [0.15, 0.2) is 5.75 Å². The summed E-state index contributed by atoms with van der Waals surface area (Å²) in [6, 6.07) is 30.1. The topological polar surface area (TPSA) is 451 Å². The highest BCUT2D eigenvalue weighted by atomic mass is 32.2. The lowest BCUT2D eigenvalue weighted by Gasteiger charge is -2.10. The molecule has 28 nitrogen and oxygen atoms in total. The van der Waals surface area contributed by atoms with Crippen LogP contribution in [0, 0.1) is 0 Å². The predicted molar refractivity (Wildman–Crippen MR) is 299 cm³/mol. The average Bonchev–Trinajstić information content (AvgIpc) is 2.34. The van der Waals surface area contributed by atoms with Gasteiger partial charge in [0.1, 0.15) is 31.4 Å². The fourth-order valence-electron chi connectivity index (χ4n) is 9.09. The number of aromatic nitrogens is 3. The molecule has 7 N–H and O–H groups in total. The molecule has 426 valence electrons. The van der Waals surface area contributed by atoms with Crippen molar-refractivity contribution in [3.63, 3.8) is 0 Å². The second kappa shape index (κ2) is 20.1. The van der Waals surface area contributed by atoms with Crippen LogP contribution in [-0.2, 0) is 60.7 Å². The highest BCUT2D eigenvalue weighted by Crippen LogP contribution is 2.44. The number of nitrogens with zero attached hydrogens (tertiary/aromatic N) is 9. The molecule has 1 aromatic heterocycles. The zero-order chi connectivity index (χ0) is 60.2. The molecule has 0 fully saturated rings. The largest absolute Gasteiger partial charge is 0.505 e. The maximum Gasteiger partial charge on any atom is 0.296 e. The number of rotatable bonds is 13. The van der Waals surface area contributed by atoms with Crippen molar-refractivity contribution in [1.82, 2.24) is 15.0 Å². The molecule has 34 heteroatoms. The number of phenolic OH excluding ortho intramolecular Hbond substituents is 1. The van der Waals surface area contributed by atoms with Crippen molar-refractivity contribution < 1.29 is 82.9 Å². The van der Waals surface area contributed by atoms with Crippen molar-refractivity contribution in [3.8, 4) is 11.4 Å². The van der Waals surface area contributed by atoms with Crippen molar-refractivity contribution in [2.24, 2.45) is 30.7 Å². The van der Waals surface area contributed by atoms with Crippen LogP contribution in [0.5, 0.6) is 5.75 Å². The first kappa shape index (κ1) is 56.8. The Labute approximate surface area is 471 Å². The van der Waals surface area contributed by atoms with Gasteiger partial charge < -0.3 is 5.11 Å². The molecule has 1 heterocycles. The van der Waals surface area contributed by atoms with E-state index < -0.39 is 102 Å². The Morgan fingerprint density at radius 3 is 1.43 bits per heavy atom. The van der Waals surface area contributed by atoms with Gasteiger partial charge in [-0.2, -0.15) is 60.4 Å². The van der Waals surface area contributed by atoms with E-state index in [1.54, 1.807) is 24.3 Å². The fourth-order valence-corrected chi connectivity index (χ4v) is 12.9. The second-order valence-corrected chi connectivity index (χ2v) is 26.6. The first-order chi connectivity index (χ1) is 39.3. The first-order valence-electron chi connectivity index (χ1n) is 23.2. The van der Waals surface area contributed by atoms with Crippen LogP contribution in [0.1, 0.15) is 0 Å². The predicted octanol–water partition coefficient (Wildman–Crippen LogP) is 10.6. The molecule has 11 rings (SSSR count). The lowest BCUT2D eigenvalue weighted by molar-refractivity contribution is 0.472. The summed E-state index contributed by atoms with van der Waals surface area (Å²) in [5.74, 6) is -0.740. The van der Waals surface area contributed by atoms with E-state index in [1.165, 1.54) is 72.8 Å². The van der Waals surface area contributed by atoms with Gasteiger partial charge in [0.2, 0.25) is 0 Å². The maximum absolute atomic E-state index is 12.9. The summed E-state index contributed by atoms with van der Waals surface area (Å²) in [5.41, 5.74) is -0.0981. The quantitative estimate of drug-likeness (QED) is 0.0416. The van der Waals surface area contributed by atoms with Crippen molar-refractivity contribution in [2.75, 3.05) is 0 Å². The fraction of sp³-hybridized carbons (Fsp3) is 0. The third-order valence-corrected chi connectivity index (χ3v) is 18.1. The summed E-state index contributed by atoms with van der Waals surface area (Å²) in [7, 11) is -29.9. The van der Waals surface area contributed by atoms with Crippen molar-refractivity contribution in [1.29, 1.82) is 0 Å². The minimum atomic E-state index is -5.17. The lowest BCUT2D eigenvalue weighted by atomic mass is 10.1. The Morgan fingerprint density at radius 1 is 0.345 bits per heavy atom. The Balaban J connectivity index is 0.928. The van der Waals surface area contributed by atoms with Crippen LogP contribution in [0.3, 0.4) is 0 Å². The van der Waals surface area contributed by atoms with Crippen LogP contribution in [0.4, 0.5) is 34.1 Å². The third-order valence-electron chi connectivity index (χ3n) is 12.9. The molecule has 10 aromatic carbocycles. The summed E-state index contributed by atoms with van der Waals surface area (Å²) < 4.78 is 207. The number of hydrogen-bond donors (Lipinski definition) is 7. The monoisotopic (exact) mass is 1250 g/mol. The van der Waals surface area contributed by atoms with Gasteiger partial charge >= 0.3 is 0 Å². The molecule has 0 aliphatic rings. The summed E-state index contributed by atoms with van der Waals surface area (Å²) in [5, 5.41) is 46.4. The molecule has 0 unspecified atom stereocenters. The normalized spacial score (nSPS) is 13.4. The van der Waals surface area contributed by atoms with Gasteiger partial charge in [0, 0.05) is 43.1 Å². The van der Waals surface area contributed by atoms with Crippen molar-refractivity contribution in [2.45, 2.75) is 29.4 Å². The van der Waals surface area contributed by atoms with E-state index in [4.69, 9.17) is 0 Å². The summed E-state index contributed by atoms with van der Waals surface area (Å²) in [6.45, 7) is 0. The zero-order valence-electron chi connectivity index (χ0n) is 41.4. The van der Waals surface area contributed by atoms with Crippen LogP contribution >= 0.6 is 0 Å². The van der Waals surface area contributed by atoms with Crippen molar-refractivity contribution >= 4 is 160 Å². The third kappa shape index (κ3) is 10.8. The van der Waals surface area contributed by atoms with Crippen LogP contribution in [-0.4, -0.2) is 97.9 Å². The lowest BCUT2D eigenvalue weighted by Crippen LogP contribution is -2.04. The average molecular weight is 1250 g/mol. The van der Waals surface area contributed by atoms with Gasteiger partial charge in [-0.1, -0.05) is 42.5 Å². The molecular weight excluding hydrogens is 1220 g/mol. The van der Waals surface area contributed by atoms with E-state index in [2.05, 4.69) is 40.9 Å². The van der Waals surface area contributed by atoms with Gasteiger partial charge in [0.05, 0.1) is 48.8 Å². The minimum Gasteiger partial charge on any atom is -0.505 e. The van der Waals surface area contributed by atoms with E-state index >= 15 is 0 Å². The Morgan fingerprint density at radius 2 is 0.845 bits per heavy atom. The molecule has 0 atom stereocenters. The van der Waals surface area contributed by atoms with E-state index in [9.17, 15) is 82.9 Å². The molecule has 0 saturated carbocycles. The molecule has 0 bridgehead atoms. The summed E-state index contributed by atoms with van der Waals surface area (Å²) in [4.78, 5) is -3.78. The van der Waals surface area contributed by atoms with E-state index in [0.29, 0.717) is 22.9 Å². The number of hydrogen-bond acceptors (Lipinski definition) is 21. The van der Waals surface area contributed by atoms with Gasteiger partial charge in [-0.3, -0.25) is 27.3 Å². The molecule has 11 aromatic rings. The standard InChI is InChI=1S/C50H31N9O19S6/c60-50-32-9-7-28(59-57-44-12-11-36-39(48(44)58-59)22-31(81(67,68)69)24-45(36)82(70,71)72)17-26(32)19-47(84(76,77)78)49(50)56-55-41-14-13-40(33-3-1-2-4-34(33)41)53-54-42-15-16-43(38-21-29(79(61,62)63)8-10-35(38)42)52-51-27-6-5-25-18-30(80(64,65)66)23-46(37(25)20-27)83(73,74)75/h1-24,60H,(H,61,62,63)(H,64,65,66)(H,67,68,69)(H,70,71,72)(H,73,74,75)(H,76,77,78). The van der Waals surface area contributed by atoms with Gasteiger partial charge in [-0.25, -0.2) is 0 Å².